The van der Waals surface area contributed by atoms with Gasteiger partial charge in [0.05, 0.1) is 11.9 Å². The highest BCUT2D eigenvalue weighted by molar-refractivity contribution is 5.70. The first-order chi connectivity index (χ1) is 12.0. The van der Waals surface area contributed by atoms with Crippen molar-refractivity contribution < 1.29 is 23.0 Å². The van der Waals surface area contributed by atoms with Gasteiger partial charge in [0.1, 0.15) is 5.75 Å². The normalized spacial score (nSPS) is 11.7. The highest BCUT2D eigenvalue weighted by atomic mass is 19.4. The van der Waals surface area contributed by atoms with Crippen LogP contribution in [0.4, 0.5) is 19.0 Å². The minimum atomic E-state index is -4.72. The van der Waals surface area contributed by atoms with Crippen LogP contribution < -0.4 is 10.1 Å². The Labute approximate surface area is 140 Å². The summed E-state index contributed by atoms with van der Waals surface area (Å²) in [6.07, 6.45) is 0.798. The molecule has 0 aliphatic carbocycles. The Balaban J connectivity index is 1.88. The van der Waals surface area contributed by atoms with Gasteiger partial charge in [-0.3, -0.25) is 4.40 Å². The number of benzene rings is 1. The van der Waals surface area contributed by atoms with E-state index < -0.39 is 6.36 Å². The van der Waals surface area contributed by atoms with Crippen LogP contribution >= 0.6 is 0 Å². The van der Waals surface area contributed by atoms with E-state index in [4.69, 9.17) is 5.11 Å². The van der Waals surface area contributed by atoms with Crippen molar-refractivity contribution in [3.63, 3.8) is 0 Å². The molecule has 0 aliphatic heterocycles. The number of ether oxygens (including phenoxy) is 1. The number of hydrogen-bond donors (Lipinski definition) is 2. The molecule has 2 heterocycles. The summed E-state index contributed by atoms with van der Waals surface area (Å²) in [6.45, 7) is 0.622. The molecule has 2 aromatic heterocycles. The zero-order valence-electron chi connectivity index (χ0n) is 13.0. The summed E-state index contributed by atoms with van der Waals surface area (Å²) in [5.41, 5.74) is 1.99. The topological polar surface area (TPSA) is 71.7 Å². The smallest absolute Gasteiger partial charge is 0.406 e. The molecule has 9 heteroatoms. The number of nitrogens with one attached hydrogen (secondary N) is 1. The van der Waals surface area contributed by atoms with Gasteiger partial charge < -0.3 is 15.2 Å². The molecule has 0 unspecified atom stereocenters. The second-order valence-corrected chi connectivity index (χ2v) is 5.19. The van der Waals surface area contributed by atoms with Gasteiger partial charge in [-0.25, -0.2) is 9.97 Å². The third kappa shape index (κ3) is 4.00. The summed E-state index contributed by atoms with van der Waals surface area (Å²) in [5.74, 6) is 0.289. The maximum absolute atomic E-state index is 12.2. The van der Waals surface area contributed by atoms with Crippen molar-refractivity contribution in [2.45, 2.75) is 12.8 Å². The third-order valence-electron chi connectivity index (χ3n) is 3.44. The Morgan fingerprint density at radius 3 is 2.60 bits per heavy atom. The average Bonchev–Trinajstić information content (AvgIpc) is 2.99. The average molecular weight is 352 g/mol. The molecule has 0 spiro atoms. The summed E-state index contributed by atoms with van der Waals surface area (Å²) in [4.78, 5) is 8.54. The second-order valence-electron chi connectivity index (χ2n) is 5.19. The lowest BCUT2D eigenvalue weighted by molar-refractivity contribution is -0.274. The number of halogens is 3. The largest absolute Gasteiger partial charge is 0.573 e. The van der Waals surface area contributed by atoms with E-state index in [0.29, 0.717) is 35.7 Å². The number of anilines is 1. The summed E-state index contributed by atoms with van der Waals surface area (Å²) < 4.78 is 42.3. The fourth-order valence-electron chi connectivity index (χ4n) is 2.37. The Hall–Kier alpha value is -2.81. The third-order valence-corrected chi connectivity index (χ3v) is 3.44. The van der Waals surface area contributed by atoms with Gasteiger partial charge in [-0.2, -0.15) is 0 Å². The number of aliphatic hydroxyl groups is 1. The number of aromatic nitrogens is 3. The standard InChI is InChI=1S/C16H15F3N4O2/c17-16(18,19)25-12-4-2-11(3-5-12)13-10-22-15-14(20-6-1-9-24)21-7-8-23(13)15/h2-5,7-8,10,24H,1,6,9H2,(H,20,21). The van der Waals surface area contributed by atoms with Crippen molar-refractivity contribution in [1.82, 2.24) is 14.4 Å². The van der Waals surface area contributed by atoms with Gasteiger partial charge in [-0.1, -0.05) is 0 Å². The minimum absolute atomic E-state index is 0.0716. The van der Waals surface area contributed by atoms with Crippen LogP contribution in [0.2, 0.25) is 0 Å². The summed E-state index contributed by atoms with van der Waals surface area (Å²) >= 11 is 0. The van der Waals surface area contributed by atoms with E-state index in [1.807, 2.05) is 0 Å². The fourth-order valence-corrected chi connectivity index (χ4v) is 2.37. The Bertz CT molecular complexity index is 847. The molecule has 0 atom stereocenters. The SMILES string of the molecule is OCCCNc1nccn2c(-c3ccc(OC(F)(F)F)cc3)cnc12. The van der Waals surface area contributed by atoms with Crippen molar-refractivity contribution in [3.8, 4) is 17.0 Å². The number of alkyl halides is 3. The zero-order chi connectivity index (χ0) is 17.9. The summed E-state index contributed by atoms with van der Waals surface area (Å²) in [7, 11) is 0. The van der Waals surface area contributed by atoms with E-state index >= 15 is 0 Å². The molecule has 132 valence electrons. The van der Waals surface area contributed by atoms with Crippen molar-refractivity contribution in [2.75, 3.05) is 18.5 Å². The Morgan fingerprint density at radius 1 is 1.16 bits per heavy atom. The number of rotatable bonds is 6. The van der Waals surface area contributed by atoms with Gasteiger partial charge in [0.15, 0.2) is 11.5 Å². The van der Waals surface area contributed by atoms with Crippen molar-refractivity contribution in [1.29, 1.82) is 0 Å². The van der Waals surface area contributed by atoms with E-state index in [9.17, 15) is 13.2 Å². The molecular formula is C16H15F3N4O2. The van der Waals surface area contributed by atoms with E-state index in [0.717, 1.165) is 0 Å². The molecule has 0 saturated heterocycles. The Kier molecular flexibility index (Phi) is 4.75. The Morgan fingerprint density at radius 2 is 1.92 bits per heavy atom. The summed E-state index contributed by atoms with van der Waals surface area (Å²) in [5, 5.41) is 11.9. The molecule has 0 fully saturated rings. The molecule has 2 N–H and O–H groups in total. The number of hydrogen-bond acceptors (Lipinski definition) is 5. The maximum atomic E-state index is 12.2. The van der Waals surface area contributed by atoms with Gasteiger partial charge in [0.25, 0.3) is 0 Å². The molecule has 0 bridgehead atoms. The first-order valence-corrected chi connectivity index (χ1v) is 7.51. The number of nitrogens with zero attached hydrogens (tertiary/aromatic N) is 3. The van der Waals surface area contributed by atoms with Gasteiger partial charge in [0.2, 0.25) is 0 Å². The molecule has 0 amide bonds. The lowest BCUT2D eigenvalue weighted by Crippen LogP contribution is -2.16. The lowest BCUT2D eigenvalue weighted by atomic mass is 10.1. The van der Waals surface area contributed by atoms with E-state index in [2.05, 4.69) is 20.0 Å². The predicted molar refractivity (Wildman–Crippen MR) is 85.3 cm³/mol. The van der Waals surface area contributed by atoms with Crippen LogP contribution in [0.15, 0.2) is 42.9 Å². The van der Waals surface area contributed by atoms with Crippen molar-refractivity contribution in [3.05, 3.63) is 42.9 Å². The molecular weight excluding hydrogens is 337 g/mol. The fraction of sp³-hybridized carbons (Fsp3) is 0.250. The molecule has 0 radical (unpaired) electrons. The zero-order valence-corrected chi connectivity index (χ0v) is 13.0. The van der Waals surface area contributed by atoms with E-state index in [1.165, 1.54) is 24.3 Å². The van der Waals surface area contributed by atoms with Gasteiger partial charge >= 0.3 is 6.36 Å². The molecule has 6 nitrogen and oxygen atoms in total. The minimum Gasteiger partial charge on any atom is -0.406 e. The van der Waals surface area contributed by atoms with Crippen LogP contribution in [0, 0.1) is 0 Å². The predicted octanol–water partition coefficient (Wildman–Crippen LogP) is 3.09. The van der Waals surface area contributed by atoms with Crippen LogP contribution in [-0.2, 0) is 0 Å². The summed E-state index contributed by atoms with van der Waals surface area (Å²) in [6, 6.07) is 5.57. The molecule has 0 saturated carbocycles. The van der Waals surface area contributed by atoms with Crippen LogP contribution in [0.25, 0.3) is 16.9 Å². The number of imidazole rings is 1. The molecule has 1 aromatic carbocycles. The van der Waals surface area contributed by atoms with Gasteiger partial charge in [-0.15, -0.1) is 13.2 Å². The quantitative estimate of drug-likeness (QED) is 0.667. The van der Waals surface area contributed by atoms with Crippen LogP contribution in [-0.4, -0.2) is 39.0 Å². The van der Waals surface area contributed by atoms with Crippen molar-refractivity contribution in [2.24, 2.45) is 0 Å². The van der Waals surface area contributed by atoms with E-state index in [-0.39, 0.29) is 12.4 Å². The van der Waals surface area contributed by atoms with Crippen molar-refractivity contribution >= 4 is 11.5 Å². The highest BCUT2D eigenvalue weighted by Gasteiger charge is 2.31. The molecule has 0 aliphatic rings. The van der Waals surface area contributed by atoms with Crippen LogP contribution in [0.1, 0.15) is 6.42 Å². The highest BCUT2D eigenvalue weighted by Crippen LogP contribution is 2.27. The van der Waals surface area contributed by atoms with Gasteiger partial charge in [-0.05, 0) is 30.7 Å². The first-order valence-electron chi connectivity index (χ1n) is 7.51. The molecule has 3 rings (SSSR count). The van der Waals surface area contributed by atoms with E-state index in [1.54, 1.807) is 23.0 Å². The molecule has 25 heavy (non-hydrogen) atoms. The van der Waals surface area contributed by atoms with Gasteiger partial charge in [0, 0.05) is 31.1 Å². The maximum Gasteiger partial charge on any atom is 0.573 e. The molecule has 3 aromatic rings. The second kappa shape index (κ2) is 6.98. The first kappa shape index (κ1) is 17.0. The number of aliphatic hydroxyl groups excluding tert-OH is 1. The lowest BCUT2D eigenvalue weighted by Gasteiger charge is -2.09. The monoisotopic (exact) mass is 352 g/mol. The number of fused-ring (bicyclic) bond motifs is 1. The van der Waals surface area contributed by atoms with Crippen LogP contribution in [0.3, 0.4) is 0 Å². The van der Waals surface area contributed by atoms with Crippen LogP contribution in [0.5, 0.6) is 5.75 Å².